The lowest BCUT2D eigenvalue weighted by Gasteiger charge is -2.08. The van der Waals surface area contributed by atoms with E-state index in [2.05, 4.69) is 5.32 Å². The minimum Gasteiger partial charge on any atom is -0.496 e. The maximum absolute atomic E-state index is 12.3. The number of nitrogens with one attached hydrogen (secondary N) is 1. The van der Waals surface area contributed by atoms with Gasteiger partial charge in [-0.3, -0.25) is 4.79 Å². The van der Waals surface area contributed by atoms with Gasteiger partial charge in [-0.15, -0.1) is 0 Å². The minimum absolute atomic E-state index is 0.0210. The molecule has 2 aromatic rings. The highest BCUT2D eigenvalue weighted by Gasteiger charge is 2.11. The van der Waals surface area contributed by atoms with Crippen LogP contribution in [0, 0.1) is 25.2 Å². The topological polar surface area (TPSA) is 62.1 Å². The Balaban J connectivity index is 2.26. The molecule has 0 aliphatic rings. The molecule has 0 fully saturated rings. The summed E-state index contributed by atoms with van der Waals surface area (Å²) in [6.07, 6.45) is 1.52. The number of nitrogens with zero attached hydrogens (tertiary/aromatic N) is 1. The van der Waals surface area contributed by atoms with Crippen molar-refractivity contribution in [2.45, 2.75) is 13.8 Å². The van der Waals surface area contributed by atoms with Gasteiger partial charge in [-0.2, -0.15) is 5.26 Å². The van der Waals surface area contributed by atoms with E-state index in [9.17, 15) is 10.1 Å². The van der Waals surface area contributed by atoms with Crippen LogP contribution in [-0.4, -0.2) is 13.0 Å². The lowest BCUT2D eigenvalue weighted by Crippen LogP contribution is -2.13. The van der Waals surface area contributed by atoms with Crippen molar-refractivity contribution in [2.24, 2.45) is 0 Å². The van der Waals surface area contributed by atoms with Gasteiger partial charge in [0, 0.05) is 11.3 Å². The zero-order valence-electron chi connectivity index (χ0n) is 13.4. The van der Waals surface area contributed by atoms with E-state index in [0.717, 1.165) is 11.1 Å². The largest absolute Gasteiger partial charge is 0.496 e. The molecule has 0 radical (unpaired) electrons. The first kappa shape index (κ1) is 16.3. The molecule has 0 saturated heterocycles. The fourth-order valence-electron chi connectivity index (χ4n) is 2.11. The van der Waals surface area contributed by atoms with Crippen LogP contribution in [0.3, 0.4) is 0 Å². The van der Waals surface area contributed by atoms with Crippen molar-refractivity contribution in [3.05, 3.63) is 64.7 Å². The number of hydrogen-bond acceptors (Lipinski definition) is 3. The molecule has 4 heteroatoms. The van der Waals surface area contributed by atoms with E-state index in [4.69, 9.17) is 4.74 Å². The van der Waals surface area contributed by atoms with E-state index >= 15 is 0 Å². The molecule has 0 heterocycles. The van der Waals surface area contributed by atoms with Gasteiger partial charge in [0.15, 0.2) is 0 Å². The molecular formula is C19H18N2O2. The number of para-hydroxylation sites is 1. The Hall–Kier alpha value is -3.06. The van der Waals surface area contributed by atoms with Crippen LogP contribution in [-0.2, 0) is 4.79 Å². The van der Waals surface area contributed by atoms with Gasteiger partial charge in [0.05, 0.1) is 7.11 Å². The van der Waals surface area contributed by atoms with Gasteiger partial charge in [-0.25, -0.2) is 0 Å². The molecule has 0 bridgehead atoms. The van der Waals surface area contributed by atoms with Crippen molar-refractivity contribution in [1.82, 2.24) is 0 Å². The number of carbonyl (C=O) groups is 1. The predicted octanol–water partition coefficient (Wildman–Crippen LogP) is 3.86. The van der Waals surface area contributed by atoms with Crippen LogP contribution in [0.15, 0.2) is 48.0 Å². The van der Waals surface area contributed by atoms with Gasteiger partial charge in [0.25, 0.3) is 5.91 Å². The number of methoxy groups -OCH3 is 1. The van der Waals surface area contributed by atoms with Crippen molar-refractivity contribution in [2.75, 3.05) is 12.4 Å². The predicted molar refractivity (Wildman–Crippen MR) is 91.1 cm³/mol. The zero-order valence-corrected chi connectivity index (χ0v) is 13.4. The van der Waals surface area contributed by atoms with Gasteiger partial charge >= 0.3 is 0 Å². The number of nitriles is 1. The van der Waals surface area contributed by atoms with Crippen molar-refractivity contribution >= 4 is 17.7 Å². The van der Waals surface area contributed by atoms with Crippen LogP contribution >= 0.6 is 0 Å². The highest BCUT2D eigenvalue weighted by atomic mass is 16.5. The summed E-state index contributed by atoms with van der Waals surface area (Å²) in [5.74, 6) is 0.167. The number of carbonyl (C=O) groups excluding carboxylic acids is 1. The lowest BCUT2D eigenvalue weighted by atomic mass is 10.1. The average Bonchev–Trinajstić information content (AvgIpc) is 2.56. The Labute approximate surface area is 136 Å². The molecule has 0 saturated carbocycles. The molecule has 1 amide bonds. The number of anilines is 1. The van der Waals surface area contributed by atoms with Gasteiger partial charge in [0.2, 0.25) is 0 Å². The third-order valence-corrected chi connectivity index (χ3v) is 3.57. The lowest BCUT2D eigenvalue weighted by molar-refractivity contribution is -0.112. The molecule has 23 heavy (non-hydrogen) atoms. The molecule has 0 aliphatic heterocycles. The number of hydrogen-bond donors (Lipinski definition) is 1. The van der Waals surface area contributed by atoms with E-state index in [1.54, 1.807) is 19.2 Å². The minimum atomic E-state index is -0.443. The van der Waals surface area contributed by atoms with E-state index in [0.29, 0.717) is 17.0 Å². The second kappa shape index (κ2) is 7.28. The summed E-state index contributed by atoms with van der Waals surface area (Å²) < 4.78 is 5.23. The number of amides is 1. The third-order valence-electron chi connectivity index (χ3n) is 3.57. The quantitative estimate of drug-likeness (QED) is 0.689. The molecule has 0 aromatic heterocycles. The smallest absolute Gasteiger partial charge is 0.266 e. The SMILES string of the molecule is COc1ccccc1C=C(C#N)C(=O)Nc1ccc(C)c(C)c1. The number of aryl methyl sites for hydroxylation is 2. The maximum Gasteiger partial charge on any atom is 0.266 e. The molecule has 0 atom stereocenters. The van der Waals surface area contributed by atoms with Crippen LogP contribution in [0.5, 0.6) is 5.75 Å². The van der Waals surface area contributed by atoms with Crippen LogP contribution in [0.1, 0.15) is 16.7 Å². The van der Waals surface area contributed by atoms with Gasteiger partial charge in [-0.05, 0) is 49.2 Å². The Morgan fingerprint density at radius 1 is 1.17 bits per heavy atom. The standard InChI is InChI=1S/C19H18N2O2/c1-13-8-9-17(10-14(13)2)21-19(22)16(12-20)11-15-6-4-5-7-18(15)23-3/h4-11H,1-3H3,(H,21,22). The fraction of sp³-hybridized carbons (Fsp3) is 0.158. The molecule has 2 rings (SSSR count). The van der Waals surface area contributed by atoms with E-state index in [1.165, 1.54) is 6.08 Å². The summed E-state index contributed by atoms with van der Waals surface area (Å²) in [6, 6.07) is 14.8. The summed E-state index contributed by atoms with van der Waals surface area (Å²) in [5, 5.41) is 12.0. The van der Waals surface area contributed by atoms with E-state index in [1.807, 2.05) is 50.2 Å². The van der Waals surface area contributed by atoms with Crippen molar-refractivity contribution in [1.29, 1.82) is 5.26 Å². The van der Waals surface area contributed by atoms with Gasteiger partial charge in [-0.1, -0.05) is 24.3 Å². The first-order valence-corrected chi connectivity index (χ1v) is 7.18. The maximum atomic E-state index is 12.3. The first-order valence-electron chi connectivity index (χ1n) is 7.18. The Bertz CT molecular complexity index is 801. The van der Waals surface area contributed by atoms with Crippen LogP contribution in [0.4, 0.5) is 5.69 Å². The summed E-state index contributed by atoms with van der Waals surface area (Å²) in [5.41, 5.74) is 3.59. The van der Waals surface area contributed by atoms with E-state index in [-0.39, 0.29) is 5.57 Å². The highest BCUT2D eigenvalue weighted by Crippen LogP contribution is 2.21. The summed E-state index contributed by atoms with van der Waals surface area (Å²) in [4.78, 5) is 12.3. The summed E-state index contributed by atoms with van der Waals surface area (Å²) >= 11 is 0. The monoisotopic (exact) mass is 306 g/mol. The molecule has 0 aliphatic carbocycles. The van der Waals surface area contributed by atoms with E-state index < -0.39 is 5.91 Å². The summed E-state index contributed by atoms with van der Waals surface area (Å²) in [6.45, 7) is 3.98. The number of ether oxygens (including phenoxy) is 1. The molecule has 1 N–H and O–H groups in total. The van der Waals surface area contributed by atoms with Crippen LogP contribution in [0.25, 0.3) is 6.08 Å². The zero-order chi connectivity index (χ0) is 16.8. The average molecular weight is 306 g/mol. The number of rotatable bonds is 4. The number of benzene rings is 2. The molecule has 116 valence electrons. The molecular weight excluding hydrogens is 288 g/mol. The Morgan fingerprint density at radius 2 is 1.91 bits per heavy atom. The first-order chi connectivity index (χ1) is 11.0. The molecule has 4 nitrogen and oxygen atoms in total. The second-order valence-electron chi connectivity index (χ2n) is 5.16. The third kappa shape index (κ3) is 3.98. The second-order valence-corrected chi connectivity index (χ2v) is 5.16. The highest BCUT2D eigenvalue weighted by molar-refractivity contribution is 6.09. The van der Waals surface area contributed by atoms with Crippen molar-refractivity contribution in [3.63, 3.8) is 0 Å². The van der Waals surface area contributed by atoms with Crippen LogP contribution < -0.4 is 10.1 Å². The van der Waals surface area contributed by atoms with Crippen molar-refractivity contribution in [3.8, 4) is 11.8 Å². The normalized spacial score (nSPS) is 10.8. The van der Waals surface area contributed by atoms with Crippen molar-refractivity contribution < 1.29 is 9.53 Å². The molecule has 0 spiro atoms. The molecule has 2 aromatic carbocycles. The fourth-order valence-corrected chi connectivity index (χ4v) is 2.11. The van der Waals surface area contributed by atoms with Crippen LogP contribution in [0.2, 0.25) is 0 Å². The Kier molecular flexibility index (Phi) is 5.16. The summed E-state index contributed by atoms with van der Waals surface area (Å²) in [7, 11) is 1.55. The van der Waals surface area contributed by atoms with Gasteiger partial charge in [0.1, 0.15) is 17.4 Å². The van der Waals surface area contributed by atoms with Gasteiger partial charge < -0.3 is 10.1 Å². The molecule has 0 unspecified atom stereocenters. The Morgan fingerprint density at radius 3 is 2.57 bits per heavy atom.